The molecule has 2 rings (SSSR count). The van der Waals surface area contributed by atoms with Crippen molar-refractivity contribution in [3.05, 3.63) is 28.3 Å². The van der Waals surface area contributed by atoms with Crippen molar-refractivity contribution in [3.8, 4) is 0 Å². The summed E-state index contributed by atoms with van der Waals surface area (Å²) in [7, 11) is -3.65. The maximum atomic E-state index is 11.7. The van der Waals surface area contributed by atoms with Gasteiger partial charge in [0.05, 0.1) is 11.5 Å². The Morgan fingerprint density at radius 2 is 2.24 bits per heavy atom. The van der Waals surface area contributed by atoms with Gasteiger partial charge in [-0.2, -0.15) is 0 Å². The summed E-state index contributed by atoms with van der Waals surface area (Å²) in [5.74, 6) is 0.371. The summed E-state index contributed by atoms with van der Waals surface area (Å²) in [6.45, 7) is 2.12. The lowest BCUT2D eigenvalue weighted by atomic mass is 10.0. The molecule has 0 radical (unpaired) electrons. The lowest BCUT2D eigenvalue weighted by Gasteiger charge is -2.22. The number of anilines is 1. The first-order chi connectivity index (χ1) is 9.88. The number of nitro groups is 1. The second-order valence-corrected chi connectivity index (χ2v) is 7.16. The normalized spacial score (nSPS) is 19.2. The smallest absolute Gasteiger partial charge is 0.288 e. The zero-order chi connectivity index (χ0) is 15.5. The van der Waals surface area contributed by atoms with Crippen molar-refractivity contribution in [2.75, 3.05) is 31.3 Å². The summed E-state index contributed by atoms with van der Waals surface area (Å²) >= 11 is 0. The molecule has 1 aromatic carbocycles. The molecule has 0 saturated carbocycles. The quantitative estimate of drug-likeness (QED) is 0.657. The second-order valence-electron chi connectivity index (χ2n) is 5.18. The van der Waals surface area contributed by atoms with Crippen LogP contribution in [0.1, 0.15) is 12.8 Å². The number of nitrogens with one attached hydrogen (secondary N) is 1. The number of nitrogens with zero attached hydrogens (tertiary/aromatic N) is 1. The number of hydrogen-bond donors (Lipinski definition) is 1. The van der Waals surface area contributed by atoms with E-state index in [1.54, 1.807) is 0 Å². The van der Waals surface area contributed by atoms with E-state index in [9.17, 15) is 18.5 Å². The fraction of sp³-hybridized carbons (Fsp3) is 0.538. The molecule has 116 valence electrons. The Labute approximate surface area is 123 Å². The predicted molar refractivity (Wildman–Crippen MR) is 78.2 cm³/mol. The van der Waals surface area contributed by atoms with E-state index in [1.165, 1.54) is 18.2 Å². The van der Waals surface area contributed by atoms with Gasteiger partial charge in [-0.05, 0) is 30.9 Å². The summed E-state index contributed by atoms with van der Waals surface area (Å²) in [4.78, 5) is 9.94. The van der Waals surface area contributed by atoms with Gasteiger partial charge in [-0.1, -0.05) is 0 Å². The predicted octanol–water partition coefficient (Wildman–Crippen LogP) is 1.84. The van der Waals surface area contributed by atoms with Crippen LogP contribution >= 0.6 is 0 Å². The highest BCUT2D eigenvalue weighted by Gasteiger charge is 2.22. The average molecular weight is 314 g/mol. The molecule has 1 heterocycles. The number of rotatable bonds is 5. The van der Waals surface area contributed by atoms with Crippen LogP contribution in [0.3, 0.4) is 0 Å². The zero-order valence-electron chi connectivity index (χ0n) is 11.7. The van der Waals surface area contributed by atoms with E-state index in [4.69, 9.17) is 4.74 Å². The molecule has 0 amide bonds. The largest absolute Gasteiger partial charge is 0.385 e. The van der Waals surface area contributed by atoms with Gasteiger partial charge in [0.1, 0.15) is 4.90 Å². The van der Waals surface area contributed by atoms with Crippen LogP contribution in [0.2, 0.25) is 0 Å². The van der Waals surface area contributed by atoms with Gasteiger partial charge in [0.15, 0.2) is 9.84 Å². The molecule has 1 aromatic rings. The highest BCUT2D eigenvalue weighted by Crippen LogP contribution is 2.27. The summed E-state index contributed by atoms with van der Waals surface area (Å²) in [6, 6.07) is 4.06. The van der Waals surface area contributed by atoms with Crippen LogP contribution in [0.4, 0.5) is 11.4 Å². The van der Waals surface area contributed by atoms with Crippen LogP contribution in [0.5, 0.6) is 0 Å². The number of benzene rings is 1. The van der Waals surface area contributed by atoms with Gasteiger partial charge in [0.2, 0.25) is 0 Å². The molecule has 0 aliphatic carbocycles. The van der Waals surface area contributed by atoms with Crippen molar-refractivity contribution >= 4 is 21.2 Å². The highest BCUT2D eigenvalue weighted by atomic mass is 32.2. The Balaban J connectivity index is 2.15. The maximum absolute atomic E-state index is 11.7. The van der Waals surface area contributed by atoms with Crippen LogP contribution in [0.25, 0.3) is 0 Å². The molecule has 1 aliphatic rings. The molecule has 1 unspecified atom stereocenters. The Morgan fingerprint density at radius 1 is 1.48 bits per heavy atom. The Bertz CT molecular complexity index is 623. The third-order valence-corrected chi connectivity index (χ3v) is 4.53. The van der Waals surface area contributed by atoms with E-state index >= 15 is 0 Å². The van der Waals surface area contributed by atoms with Gasteiger partial charge in [0, 0.05) is 31.2 Å². The van der Waals surface area contributed by atoms with E-state index in [1.807, 2.05) is 0 Å². The minimum atomic E-state index is -3.65. The Hall–Kier alpha value is -1.67. The van der Waals surface area contributed by atoms with Crippen LogP contribution < -0.4 is 5.32 Å². The fourth-order valence-electron chi connectivity index (χ4n) is 2.30. The van der Waals surface area contributed by atoms with E-state index < -0.39 is 20.4 Å². The highest BCUT2D eigenvalue weighted by molar-refractivity contribution is 7.90. The average Bonchev–Trinajstić information content (AvgIpc) is 2.45. The monoisotopic (exact) mass is 314 g/mol. The summed E-state index contributed by atoms with van der Waals surface area (Å²) in [5.41, 5.74) is 0.163. The van der Waals surface area contributed by atoms with Gasteiger partial charge >= 0.3 is 0 Å². The molecule has 0 bridgehead atoms. The Kier molecular flexibility index (Phi) is 4.79. The van der Waals surface area contributed by atoms with Crippen molar-refractivity contribution in [1.82, 2.24) is 0 Å². The molecule has 1 fully saturated rings. The third-order valence-electron chi connectivity index (χ3n) is 3.41. The van der Waals surface area contributed by atoms with E-state index in [2.05, 4.69) is 5.32 Å². The molecule has 1 saturated heterocycles. The molecule has 8 heteroatoms. The second kappa shape index (κ2) is 6.40. The van der Waals surface area contributed by atoms with E-state index in [0.717, 1.165) is 25.7 Å². The molecule has 1 aliphatic heterocycles. The van der Waals surface area contributed by atoms with Gasteiger partial charge < -0.3 is 10.1 Å². The first-order valence-electron chi connectivity index (χ1n) is 6.68. The van der Waals surface area contributed by atoms with Crippen LogP contribution in [0, 0.1) is 16.0 Å². The number of ether oxygens (including phenoxy) is 1. The lowest BCUT2D eigenvalue weighted by molar-refractivity contribution is -0.387. The minimum absolute atomic E-state index is 0.266. The van der Waals surface area contributed by atoms with Crippen molar-refractivity contribution < 1.29 is 18.1 Å². The summed E-state index contributed by atoms with van der Waals surface area (Å²) < 4.78 is 28.7. The van der Waals surface area contributed by atoms with Gasteiger partial charge in [-0.25, -0.2) is 8.42 Å². The van der Waals surface area contributed by atoms with Gasteiger partial charge in [0.25, 0.3) is 5.69 Å². The zero-order valence-corrected chi connectivity index (χ0v) is 12.6. The molecule has 7 nitrogen and oxygen atoms in total. The number of hydrogen-bond acceptors (Lipinski definition) is 6. The molecule has 0 aromatic heterocycles. The van der Waals surface area contributed by atoms with Crippen molar-refractivity contribution in [3.63, 3.8) is 0 Å². The molecular formula is C13H18N2O5S. The first kappa shape index (κ1) is 15.7. The summed E-state index contributed by atoms with van der Waals surface area (Å²) in [5, 5.41) is 14.0. The molecule has 21 heavy (non-hydrogen) atoms. The molecule has 1 N–H and O–H groups in total. The SMILES string of the molecule is CS(=O)(=O)c1cc(NCC2CCCOC2)ccc1[N+](=O)[O-]. The van der Waals surface area contributed by atoms with Crippen LogP contribution in [-0.2, 0) is 14.6 Å². The first-order valence-corrected chi connectivity index (χ1v) is 8.57. The molecule has 0 spiro atoms. The van der Waals surface area contributed by atoms with Gasteiger partial charge in [-0.15, -0.1) is 0 Å². The van der Waals surface area contributed by atoms with Gasteiger partial charge in [-0.3, -0.25) is 10.1 Å². The Morgan fingerprint density at radius 3 is 2.81 bits per heavy atom. The minimum Gasteiger partial charge on any atom is -0.385 e. The molecule has 1 atom stereocenters. The topological polar surface area (TPSA) is 98.5 Å². The van der Waals surface area contributed by atoms with E-state index in [0.29, 0.717) is 24.8 Å². The van der Waals surface area contributed by atoms with E-state index in [-0.39, 0.29) is 4.90 Å². The molecular weight excluding hydrogens is 296 g/mol. The fourth-order valence-corrected chi connectivity index (χ4v) is 3.17. The van der Waals surface area contributed by atoms with Crippen molar-refractivity contribution in [1.29, 1.82) is 0 Å². The standard InChI is InChI=1S/C13H18N2O5S/c1-21(18,19)13-7-11(4-5-12(13)15(16)17)14-8-10-3-2-6-20-9-10/h4-5,7,10,14H,2-3,6,8-9H2,1H3. The van der Waals surface area contributed by atoms with Crippen molar-refractivity contribution in [2.24, 2.45) is 5.92 Å². The number of sulfone groups is 1. The maximum Gasteiger partial charge on any atom is 0.288 e. The van der Waals surface area contributed by atoms with Crippen LogP contribution in [-0.4, -0.2) is 39.4 Å². The number of nitro benzene ring substituents is 1. The third kappa shape index (κ3) is 4.15. The van der Waals surface area contributed by atoms with Crippen LogP contribution in [0.15, 0.2) is 23.1 Å². The lowest BCUT2D eigenvalue weighted by Crippen LogP contribution is -2.24. The van der Waals surface area contributed by atoms with Crippen molar-refractivity contribution in [2.45, 2.75) is 17.7 Å². The summed E-state index contributed by atoms with van der Waals surface area (Å²) in [6.07, 6.45) is 3.04.